The first-order valence-electron chi connectivity index (χ1n) is 14.9. The predicted octanol–water partition coefficient (Wildman–Crippen LogP) is 6.64. The second-order valence-corrected chi connectivity index (χ2v) is 11.6. The number of aryl methyl sites for hydroxylation is 1. The summed E-state index contributed by atoms with van der Waals surface area (Å²) in [6.45, 7) is 5.96. The molecule has 0 fully saturated rings. The van der Waals surface area contributed by atoms with Crippen molar-refractivity contribution in [3.8, 4) is 16.3 Å². The van der Waals surface area contributed by atoms with E-state index in [0.29, 0.717) is 17.4 Å². The Labute approximate surface area is 256 Å². The second-order valence-electron chi connectivity index (χ2n) is 10.3. The van der Waals surface area contributed by atoms with Gasteiger partial charge in [0.2, 0.25) is 5.91 Å². The van der Waals surface area contributed by atoms with E-state index in [-0.39, 0.29) is 24.7 Å². The first-order valence-corrected chi connectivity index (χ1v) is 16.1. The maximum atomic E-state index is 12.9. The lowest BCUT2D eigenvalue weighted by atomic mass is 10.1. The quantitative estimate of drug-likeness (QED) is 0.123. The molecular weight excluding hydrogens is 559 g/mol. The zero-order valence-corrected chi connectivity index (χ0v) is 26.6. The van der Waals surface area contributed by atoms with Crippen molar-refractivity contribution >= 4 is 34.5 Å². The second kappa shape index (κ2) is 19.9. The molecule has 0 bridgehead atoms. The van der Waals surface area contributed by atoms with E-state index >= 15 is 0 Å². The molecule has 1 amide bonds. The summed E-state index contributed by atoms with van der Waals surface area (Å²) >= 11 is 7.95. The number of ether oxygens (including phenoxy) is 1. The topological polar surface area (TPSA) is 42.2 Å². The molecule has 0 atom stereocenters. The molecule has 0 saturated heterocycles. The summed E-state index contributed by atoms with van der Waals surface area (Å²) in [6.07, 6.45) is 18.1. The highest BCUT2D eigenvalue weighted by Crippen LogP contribution is 2.26. The van der Waals surface area contributed by atoms with Gasteiger partial charge in [-0.1, -0.05) is 113 Å². The maximum Gasteiger partial charge on any atom is 0.269 e. The monoisotopic (exact) mass is 604 g/mol. The van der Waals surface area contributed by atoms with E-state index in [1.165, 1.54) is 75.6 Å². The molecular formula is C33H46Cl2N2O2S. The van der Waals surface area contributed by atoms with Gasteiger partial charge in [0.05, 0.1) is 24.0 Å². The van der Waals surface area contributed by atoms with Crippen LogP contribution in [-0.2, 0) is 17.8 Å². The van der Waals surface area contributed by atoms with E-state index in [1.807, 2.05) is 36.4 Å². The van der Waals surface area contributed by atoms with Gasteiger partial charge in [-0.3, -0.25) is 4.79 Å². The molecule has 40 heavy (non-hydrogen) atoms. The first-order chi connectivity index (χ1) is 19.1. The predicted molar refractivity (Wildman–Crippen MR) is 166 cm³/mol. The third-order valence-corrected chi connectivity index (χ3v) is 8.24. The molecule has 0 aliphatic rings. The van der Waals surface area contributed by atoms with Crippen molar-refractivity contribution in [1.82, 2.24) is 0 Å². The van der Waals surface area contributed by atoms with Gasteiger partial charge in [-0.05, 0) is 43.7 Å². The lowest BCUT2D eigenvalue weighted by Crippen LogP contribution is -3.00. The number of hydrogen-bond donors (Lipinski definition) is 1. The molecule has 0 saturated carbocycles. The van der Waals surface area contributed by atoms with Gasteiger partial charge in [-0.15, -0.1) is 0 Å². The highest BCUT2D eigenvalue weighted by Gasteiger charge is 2.15. The Bertz CT molecular complexity index is 1140. The lowest BCUT2D eigenvalue weighted by Gasteiger charge is -2.13. The largest absolute Gasteiger partial charge is 1.00 e. The number of nitrogens with one attached hydrogen (secondary N) is 1. The van der Waals surface area contributed by atoms with Crippen LogP contribution in [0.15, 0.2) is 54.0 Å². The normalized spacial score (nSPS) is 10.8. The Morgan fingerprint density at radius 3 is 2.25 bits per heavy atom. The first kappa shape index (κ1) is 34.1. The molecule has 3 rings (SSSR count). The molecule has 1 heterocycles. The van der Waals surface area contributed by atoms with Crippen LogP contribution in [0.2, 0.25) is 5.02 Å². The smallest absolute Gasteiger partial charge is 0.269 e. The van der Waals surface area contributed by atoms with E-state index < -0.39 is 0 Å². The zero-order chi connectivity index (χ0) is 27.7. The number of carbonyl (C=O) groups excluding carboxylic acids is 1. The van der Waals surface area contributed by atoms with Gasteiger partial charge in [0.25, 0.3) is 5.01 Å². The Morgan fingerprint density at radius 1 is 0.900 bits per heavy atom. The molecule has 1 N–H and O–H groups in total. The number of carbonyl (C=O) groups is 1. The lowest BCUT2D eigenvalue weighted by molar-refractivity contribution is -0.678. The van der Waals surface area contributed by atoms with Crippen LogP contribution in [0.25, 0.3) is 10.6 Å². The minimum atomic E-state index is -0.0702. The Balaban J connectivity index is 0.00000560. The molecule has 0 aliphatic carbocycles. The van der Waals surface area contributed by atoms with Crippen LogP contribution in [0.3, 0.4) is 0 Å². The van der Waals surface area contributed by atoms with Gasteiger partial charge in [0.1, 0.15) is 12.3 Å². The molecule has 2 aromatic carbocycles. The molecule has 0 aliphatic heterocycles. The maximum absolute atomic E-state index is 12.9. The van der Waals surface area contributed by atoms with Crippen molar-refractivity contribution in [1.29, 1.82) is 0 Å². The number of halogens is 2. The molecule has 1 aromatic heterocycles. The van der Waals surface area contributed by atoms with Crippen molar-refractivity contribution in [2.45, 2.75) is 104 Å². The van der Waals surface area contributed by atoms with Crippen molar-refractivity contribution < 1.29 is 26.5 Å². The van der Waals surface area contributed by atoms with Gasteiger partial charge in [-0.2, -0.15) is 4.57 Å². The third-order valence-electron chi connectivity index (χ3n) is 7.05. The van der Waals surface area contributed by atoms with Gasteiger partial charge >= 0.3 is 0 Å². The molecule has 7 heteroatoms. The fraction of sp³-hybridized carbons (Fsp3) is 0.515. The highest BCUT2D eigenvalue weighted by molar-refractivity contribution is 7.12. The highest BCUT2D eigenvalue weighted by atomic mass is 35.5. The number of nitrogens with zero attached hydrogens (tertiary/aromatic N) is 1. The SMILES string of the molecule is CCCCCCCCCCCCCCOc1cc(Cl)ccc1CC(=O)Nc1cccc(-c2scc[n+]2CC)c1.[Cl-]. The Hall–Kier alpha value is -2.08. The molecule has 0 spiro atoms. The van der Waals surface area contributed by atoms with E-state index in [4.69, 9.17) is 16.3 Å². The van der Waals surface area contributed by atoms with E-state index in [0.717, 1.165) is 29.8 Å². The number of aromatic nitrogens is 1. The fourth-order valence-electron chi connectivity index (χ4n) is 4.83. The van der Waals surface area contributed by atoms with Crippen LogP contribution in [0.4, 0.5) is 5.69 Å². The van der Waals surface area contributed by atoms with Crippen LogP contribution in [0, 0.1) is 0 Å². The fourth-order valence-corrected chi connectivity index (χ4v) is 5.92. The average Bonchev–Trinajstić information content (AvgIpc) is 3.42. The van der Waals surface area contributed by atoms with Crippen molar-refractivity contribution in [2.75, 3.05) is 11.9 Å². The number of thiazole rings is 1. The molecule has 0 radical (unpaired) electrons. The third kappa shape index (κ3) is 12.2. The number of benzene rings is 2. The summed E-state index contributed by atoms with van der Waals surface area (Å²) < 4.78 is 8.30. The summed E-state index contributed by atoms with van der Waals surface area (Å²) in [6, 6.07) is 13.6. The summed E-state index contributed by atoms with van der Waals surface area (Å²) in [4.78, 5) is 12.9. The number of rotatable bonds is 19. The van der Waals surface area contributed by atoms with Crippen LogP contribution in [0.1, 0.15) is 96.5 Å². The zero-order valence-electron chi connectivity index (χ0n) is 24.2. The van der Waals surface area contributed by atoms with E-state index in [2.05, 4.69) is 41.4 Å². The standard InChI is InChI=1S/C33H45ClN2O2S.ClH/c1-3-5-6-7-8-9-10-11-12-13-14-15-22-38-31-26-29(34)20-19-27(31)25-32(37)35-30-18-16-17-28(24-30)33-36(4-2)21-23-39-33;/h16-21,23-24,26H,3-15,22,25H2,1-2H3;1H. The average molecular weight is 606 g/mol. The molecule has 0 unspecified atom stereocenters. The Kier molecular flexibility index (Phi) is 17.0. The number of hydrogen-bond acceptors (Lipinski definition) is 3. The summed E-state index contributed by atoms with van der Waals surface area (Å²) in [5.74, 6) is 0.635. The van der Waals surface area contributed by atoms with E-state index in [9.17, 15) is 4.79 Å². The summed E-state index contributed by atoms with van der Waals surface area (Å²) in [5, 5.41) is 6.95. The summed E-state index contributed by atoms with van der Waals surface area (Å²) in [7, 11) is 0. The Morgan fingerprint density at radius 2 is 1.57 bits per heavy atom. The number of unbranched alkanes of at least 4 members (excludes halogenated alkanes) is 11. The van der Waals surface area contributed by atoms with Gasteiger partial charge in [-0.25, -0.2) is 0 Å². The van der Waals surface area contributed by atoms with Gasteiger partial charge in [0.15, 0.2) is 6.20 Å². The number of amides is 1. The molecule has 3 aromatic rings. The van der Waals surface area contributed by atoms with Crippen molar-refractivity contribution in [3.63, 3.8) is 0 Å². The molecule has 4 nitrogen and oxygen atoms in total. The van der Waals surface area contributed by atoms with Crippen LogP contribution < -0.4 is 27.0 Å². The van der Waals surface area contributed by atoms with E-state index in [1.54, 1.807) is 11.3 Å². The minimum Gasteiger partial charge on any atom is -1.00 e. The van der Waals surface area contributed by atoms with Crippen LogP contribution >= 0.6 is 22.9 Å². The minimum absolute atomic E-state index is 0. The van der Waals surface area contributed by atoms with Crippen LogP contribution in [-0.4, -0.2) is 12.5 Å². The number of anilines is 1. The van der Waals surface area contributed by atoms with Gasteiger partial charge < -0.3 is 22.5 Å². The van der Waals surface area contributed by atoms with Crippen molar-refractivity contribution in [2.24, 2.45) is 0 Å². The van der Waals surface area contributed by atoms with Crippen LogP contribution in [0.5, 0.6) is 5.75 Å². The van der Waals surface area contributed by atoms with Gasteiger partial charge in [0, 0.05) is 16.3 Å². The summed E-state index contributed by atoms with van der Waals surface area (Å²) in [5.41, 5.74) is 2.75. The van der Waals surface area contributed by atoms with Crippen molar-refractivity contribution in [3.05, 3.63) is 64.6 Å². The molecule has 220 valence electrons.